The molecule has 0 aliphatic heterocycles. The minimum Gasteiger partial charge on any atom is -0.497 e. The molecule has 0 unspecified atom stereocenters. The molecule has 138 valence electrons. The van der Waals surface area contributed by atoms with E-state index >= 15 is 0 Å². The standard InChI is InChI=1S/C22H23N3O2/c1-16-6-3-4-9-20(16)22(26)25-21-11-10-18(15-24-21)23-13-12-17-7-5-8-19(14-17)27-2/h3-11,14-15,23H,12-13H2,1-2H3,(H,24,25,26). The van der Waals surface area contributed by atoms with Gasteiger partial charge in [0.1, 0.15) is 11.6 Å². The van der Waals surface area contributed by atoms with Gasteiger partial charge >= 0.3 is 0 Å². The van der Waals surface area contributed by atoms with E-state index in [0.29, 0.717) is 11.4 Å². The summed E-state index contributed by atoms with van der Waals surface area (Å²) in [5.74, 6) is 1.24. The Hall–Kier alpha value is -3.34. The van der Waals surface area contributed by atoms with E-state index in [2.05, 4.69) is 21.7 Å². The Bertz CT molecular complexity index is 907. The van der Waals surface area contributed by atoms with Crippen LogP contribution in [0.2, 0.25) is 0 Å². The lowest BCUT2D eigenvalue weighted by atomic mass is 10.1. The van der Waals surface area contributed by atoms with Crippen molar-refractivity contribution in [1.82, 2.24) is 4.98 Å². The lowest BCUT2D eigenvalue weighted by Gasteiger charge is -2.09. The van der Waals surface area contributed by atoms with Gasteiger partial charge in [-0.25, -0.2) is 4.98 Å². The summed E-state index contributed by atoms with van der Waals surface area (Å²) < 4.78 is 5.24. The van der Waals surface area contributed by atoms with Gasteiger partial charge in [0.15, 0.2) is 0 Å². The van der Waals surface area contributed by atoms with Crippen molar-refractivity contribution < 1.29 is 9.53 Å². The topological polar surface area (TPSA) is 63.2 Å². The highest BCUT2D eigenvalue weighted by atomic mass is 16.5. The number of benzene rings is 2. The number of hydrogen-bond acceptors (Lipinski definition) is 4. The van der Waals surface area contributed by atoms with Crippen LogP contribution in [0.25, 0.3) is 0 Å². The average Bonchev–Trinajstić information content (AvgIpc) is 2.70. The summed E-state index contributed by atoms with van der Waals surface area (Å²) in [4.78, 5) is 16.6. The number of aromatic nitrogens is 1. The van der Waals surface area contributed by atoms with Gasteiger partial charge in [-0.2, -0.15) is 0 Å². The number of amides is 1. The summed E-state index contributed by atoms with van der Waals surface area (Å²) in [6.07, 6.45) is 2.60. The van der Waals surface area contributed by atoms with Crippen LogP contribution in [0.3, 0.4) is 0 Å². The zero-order valence-corrected chi connectivity index (χ0v) is 15.5. The largest absolute Gasteiger partial charge is 0.497 e. The van der Waals surface area contributed by atoms with Gasteiger partial charge in [-0.15, -0.1) is 0 Å². The fourth-order valence-electron chi connectivity index (χ4n) is 2.76. The van der Waals surface area contributed by atoms with Crippen molar-refractivity contribution in [2.24, 2.45) is 0 Å². The van der Waals surface area contributed by atoms with Gasteiger partial charge in [-0.05, 0) is 54.8 Å². The molecule has 5 nitrogen and oxygen atoms in total. The number of carbonyl (C=O) groups is 1. The van der Waals surface area contributed by atoms with Crippen molar-refractivity contribution in [3.05, 3.63) is 83.6 Å². The monoisotopic (exact) mass is 361 g/mol. The molecule has 2 aromatic carbocycles. The number of pyridine rings is 1. The SMILES string of the molecule is COc1cccc(CCNc2ccc(NC(=O)c3ccccc3C)nc2)c1. The van der Waals surface area contributed by atoms with E-state index < -0.39 is 0 Å². The Morgan fingerprint density at radius 1 is 1.07 bits per heavy atom. The van der Waals surface area contributed by atoms with Crippen LogP contribution in [-0.2, 0) is 6.42 Å². The second-order valence-corrected chi connectivity index (χ2v) is 6.23. The highest BCUT2D eigenvalue weighted by Gasteiger charge is 2.09. The molecule has 0 saturated heterocycles. The van der Waals surface area contributed by atoms with Gasteiger partial charge in [-0.1, -0.05) is 30.3 Å². The Kier molecular flexibility index (Phi) is 6.05. The molecule has 1 aromatic heterocycles. The third-order valence-corrected chi connectivity index (χ3v) is 4.27. The van der Waals surface area contributed by atoms with Gasteiger partial charge in [-0.3, -0.25) is 4.79 Å². The predicted octanol–water partition coefficient (Wildman–Crippen LogP) is 4.31. The van der Waals surface area contributed by atoms with Crippen LogP contribution in [0.1, 0.15) is 21.5 Å². The molecule has 1 amide bonds. The quantitative estimate of drug-likeness (QED) is 0.658. The van der Waals surface area contributed by atoms with Gasteiger partial charge in [0, 0.05) is 12.1 Å². The summed E-state index contributed by atoms with van der Waals surface area (Å²) in [5, 5.41) is 6.17. The summed E-state index contributed by atoms with van der Waals surface area (Å²) >= 11 is 0. The predicted molar refractivity (Wildman–Crippen MR) is 109 cm³/mol. The summed E-state index contributed by atoms with van der Waals surface area (Å²) in [5.41, 5.74) is 3.70. The van der Waals surface area contributed by atoms with Crippen LogP contribution < -0.4 is 15.4 Å². The first kappa shape index (κ1) is 18.5. The third-order valence-electron chi connectivity index (χ3n) is 4.27. The second-order valence-electron chi connectivity index (χ2n) is 6.23. The molecule has 1 heterocycles. The Balaban J connectivity index is 1.52. The highest BCUT2D eigenvalue weighted by Crippen LogP contribution is 2.15. The Morgan fingerprint density at radius 2 is 1.93 bits per heavy atom. The molecule has 2 N–H and O–H groups in total. The maximum Gasteiger partial charge on any atom is 0.257 e. The molecule has 0 fully saturated rings. The molecule has 0 bridgehead atoms. The smallest absolute Gasteiger partial charge is 0.257 e. The minimum atomic E-state index is -0.153. The molecule has 0 radical (unpaired) electrons. The second kappa shape index (κ2) is 8.85. The van der Waals surface area contributed by atoms with Gasteiger partial charge in [0.2, 0.25) is 0 Å². The van der Waals surface area contributed by atoms with Crippen LogP contribution in [0.15, 0.2) is 66.9 Å². The number of aryl methyl sites for hydroxylation is 1. The van der Waals surface area contributed by atoms with Crippen molar-refractivity contribution in [2.75, 3.05) is 24.3 Å². The third kappa shape index (κ3) is 5.07. The molecule has 0 saturated carbocycles. The normalized spacial score (nSPS) is 10.3. The zero-order valence-electron chi connectivity index (χ0n) is 15.5. The number of carbonyl (C=O) groups excluding carboxylic acids is 1. The fourth-order valence-corrected chi connectivity index (χ4v) is 2.76. The number of nitrogens with one attached hydrogen (secondary N) is 2. The van der Waals surface area contributed by atoms with Crippen molar-refractivity contribution in [1.29, 1.82) is 0 Å². The summed E-state index contributed by atoms with van der Waals surface area (Å²) in [6, 6.07) is 19.2. The molecule has 0 atom stereocenters. The number of nitrogens with zero attached hydrogens (tertiary/aromatic N) is 1. The molecular weight excluding hydrogens is 338 g/mol. The zero-order chi connectivity index (χ0) is 19.1. The first-order chi connectivity index (χ1) is 13.2. The average molecular weight is 361 g/mol. The molecule has 0 aliphatic carbocycles. The molecule has 0 aliphatic rings. The van der Waals surface area contributed by atoms with E-state index in [1.165, 1.54) is 5.56 Å². The molecule has 0 spiro atoms. The lowest BCUT2D eigenvalue weighted by Crippen LogP contribution is -2.14. The van der Waals surface area contributed by atoms with Crippen LogP contribution in [-0.4, -0.2) is 24.5 Å². The Morgan fingerprint density at radius 3 is 2.67 bits per heavy atom. The fraction of sp³-hybridized carbons (Fsp3) is 0.182. The van der Waals surface area contributed by atoms with Gasteiger partial charge in [0.05, 0.1) is 19.0 Å². The van der Waals surface area contributed by atoms with Gasteiger partial charge in [0.25, 0.3) is 5.91 Å². The first-order valence-electron chi connectivity index (χ1n) is 8.85. The van der Waals surface area contributed by atoms with E-state index in [0.717, 1.165) is 30.0 Å². The van der Waals surface area contributed by atoms with E-state index in [4.69, 9.17) is 4.74 Å². The number of rotatable bonds is 7. The van der Waals surface area contributed by atoms with Crippen molar-refractivity contribution >= 4 is 17.4 Å². The maximum absolute atomic E-state index is 12.3. The van der Waals surface area contributed by atoms with Crippen LogP contribution in [0.4, 0.5) is 11.5 Å². The minimum absolute atomic E-state index is 0.153. The van der Waals surface area contributed by atoms with E-state index in [1.54, 1.807) is 25.4 Å². The number of anilines is 2. The van der Waals surface area contributed by atoms with E-state index in [9.17, 15) is 4.79 Å². The van der Waals surface area contributed by atoms with E-state index in [-0.39, 0.29) is 5.91 Å². The van der Waals surface area contributed by atoms with E-state index in [1.807, 2.05) is 49.4 Å². The van der Waals surface area contributed by atoms with Crippen LogP contribution >= 0.6 is 0 Å². The maximum atomic E-state index is 12.3. The van der Waals surface area contributed by atoms with Crippen LogP contribution in [0.5, 0.6) is 5.75 Å². The molecular formula is C22H23N3O2. The summed E-state index contributed by atoms with van der Waals surface area (Å²) in [7, 11) is 1.67. The van der Waals surface area contributed by atoms with Crippen molar-refractivity contribution in [3.8, 4) is 5.75 Å². The number of methoxy groups -OCH3 is 1. The summed E-state index contributed by atoms with van der Waals surface area (Å²) in [6.45, 7) is 2.70. The molecule has 3 rings (SSSR count). The molecule has 5 heteroatoms. The van der Waals surface area contributed by atoms with Gasteiger partial charge < -0.3 is 15.4 Å². The first-order valence-corrected chi connectivity index (χ1v) is 8.85. The molecule has 27 heavy (non-hydrogen) atoms. The van der Waals surface area contributed by atoms with Crippen molar-refractivity contribution in [2.45, 2.75) is 13.3 Å². The lowest BCUT2D eigenvalue weighted by molar-refractivity contribution is 0.102. The highest BCUT2D eigenvalue weighted by molar-refractivity contribution is 6.04. The molecule has 3 aromatic rings. The Labute approximate surface area is 159 Å². The van der Waals surface area contributed by atoms with Crippen LogP contribution in [0, 0.1) is 6.92 Å². The van der Waals surface area contributed by atoms with Crippen molar-refractivity contribution in [3.63, 3.8) is 0 Å². The number of hydrogen-bond donors (Lipinski definition) is 2. The number of ether oxygens (including phenoxy) is 1.